The molecule has 5 heteroatoms. The highest BCUT2D eigenvalue weighted by atomic mass is 16.5. The van der Waals surface area contributed by atoms with Gasteiger partial charge in [0.25, 0.3) is 0 Å². The highest BCUT2D eigenvalue weighted by Crippen LogP contribution is 2.24. The molecular formula is C15H21NO4. The lowest BCUT2D eigenvalue weighted by atomic mass is 10.1. The van der Waals surface area contributed by atoms with E-state index >= 15 is 0 Å². The highest BCUT2D eigenvalue weighted by Gasteiger charge is 2.24. The average molecular weight is 279 g/mol. The first-order valence-corrected chi connectivity index (χ1v) is 7.02. The Morgan fingerprint density at radius 1 is 1.35 bits per heavy atom. The maximum Gasteiger partial charge on any atom is 0.339 e. The molecule has 20 heavy (non-hydrogen) atoms. The summed E-state index contributed by atoms with van der Waals surface area (Å²) in [6, 6.07) is 6.62. The maximum atomic E-state index is 11.0. The third kappa shape index (κ3) is 3.95. The zero-order chi connectivity index (χ0) is 14.4. The van der Waals surface area contributed by atoms with Crippen molar-refractivity contribution in [1.29, 1.82) is 0 Å². The van der Waals surface area contributed by atoms with Crippen molar-refractivity contribution in [2.75, 3.05) is 19.7 Å². The van der Waals surface area contributed by atoms with Gasteiger partial charge >= 0.3 is 5.97 Å². The summed E-state index contributed by atoms with van der Waals surface area (Å²) < 4.78 is 5.48. The number of carboxylic acid groups (broad SMARTS) is 1. The number of carbonyl (C=O) groups is 1. The number of carboxylic acids is 1. The lowest BCUT2D eigenvalue weighted by molar-refractivity contribution is 0.0692. The molecule has 0 amide bonds. The van der Waals surface area contributed by atoms with Gasteiger partial charge in [0, 0.05) is 13.1 Å². The van der Waals surface area contributed by atoms with Crippen LogP contribution in [-0.4, -0.2) is 42.0 Å². The Labute approximate surface area is 118 Å². The van der Waals surface area contributed by atoms with Gasteiger partial charge in [-0.1, -0.05) is 18.6 Å². The number of aliphatic hydroxyl groups excluding tert-OH is 1. The van der Waals surface area contributed by atoms with Gasteiger partial charge in [0.15, 0.2) is 0 Å². The number of benzene rings is 1. The molecule has 2 unspecified atom stereocenters. The summed E-state index contributed by atoms with van der Waals surface area (Å²) in [5.41, 5.74) is 0.179. The van der Waals surface area contributed by atoms with Crippen LogP contribution in [0.15, 0.2) is 24.3 Å². The Morgan fingerprint density at radius 3 is 2.85 bits per heavy atom. The average Bonchev–Trinajstić information content (AvgIpc) is 2.84. The fraction of sp³-hybridized carbons (Fsp3) is 0.533. The van der Waals surface area contributed by atoms with Crippen molar-refractivity contribution in [2.24, 2.45) is 5.92 Å². The van der Waals surface area contributed by atoms with Crippen molar-refractivity contribution in [1.82, 2.24) is 5.32 Å². The van der Waals surface area contributed by atoms with E-state index in [0.717, 1.165) is 25.8 Å². The minimum Gasteiger partial charge on any atom is -0.491 e. The molecule has 2 atom stereocenters. The normalized spacial score (nSPS) is 21.9. The van der Waals surface area contributed by atoms with Crippen LogP contribution in [0.3, 0.4) is 0 Å². The van der Waals surface area contributed by atoms with Gasteiger partial charge in [-0.3, -0.25) is 0 Å². The predicted octanol–water partition coefficient (Wildman–Crippen LogP) is 1.51. The molecule has 1 fully saturated rings. The molecule has 1 aliphatic carbocycles. The Morgan fingerprint density at radius 2 is 2.15 bits per heavy atom. The topological polar surface area (TPSA) is 78.8 Å². The van der Waals surface area contributed by atoms with Gasteiger partial charge in [-0.05, 0) is 30.9 Å². The number of ether oxygens (including phenoxy) is 1. The second kappa shape index (κ2) is 7.26. The van der Waals surface area contributed by atoms with E-state index in [9.17, 15) is 9.90 Å². The highest BCUT2D eigenvalue weighted by molar-refractivity contribution is 5.90. The summed E-state index contributed by atoms with van der Waals surface area (Å²) in [5.74, 6) is -0.258. The summed E-state index contributed by atoms with van der Waals surface area (Å²) in [5, 5.41) is 21.9. The van der Waals surface area contributed by atoms with Crippen molar-refractivity contribution in [3.05, 3.63) is 29.8 Å². The minimum absolute atomic E-state index is 0.179. The van der Waals surface area contributed by atoms with Crippen LogP contribution in [0.2, 0.25) is 0 Å². The van der Waals surface area contributed by atoms with Crippen LogP contribution in [-0.2, 0) is 0 Å². The summed E-state index contributed by atoms with van der Waals surface area (Å²) in [4.78, 5) is 11.0. The molecule has 0 saturated heterocycles. The van der Waals surface area contributed by atoms with Gasteiger partial charge < -0.3 is 20.3 Å². The second-order valence-electron chi connectivity index (χ2n) is 5.11. The number of hydrogen-bond acceptors (Lipinski definition) is 4. The number of para-hydroxylation sites is 1. The standard InChI is InChI=1S/C15H21NO4/c17-13-6-3-4-11(13)10-16-8-9-20-14-7-2-1-5-12(14)15(18)19/h1-2,5,7,11,13,16-17H,3-4,6,8-10H2,(H,18,19). The summed E-state index contributed by atoms with van der Waals surface area (Å²) in [7, 11) is 0. The summed E-state index contributed by atoms with van der Waals surface area (Å²) in [6.07, 6.45) is 2.87. The SMILES string of the molecule is O=C(O)c1ccccc1OCCNCC1CCCC1O. The molecule has 0 spiro atoms. The molecule has 1 aromatic rings. The van der Waals surface area contributed by atoms with Gasteiger partial charge in [-0.15, -0.1) is 0 Å². The minimum atomic E-state index is -0.984. The van der Waals surface area contributed by atoms with E-state index < -0.39 is 5.97 Å². The zero-order valence-electron chi connectivity index (χ0n) is 11.4. The van der Waals surface area contributed by atoms with Crippen LogP contribution in [0, 0.1) is 5.92 Å². The molecular weight excluding hydrogens is 258 g/mol. The lowest BCUT2D eigenvalue weighted by Crippen LogP contribution is -2.30. The molecule has 5 nitrogen and oxygen atoms in total. The van der Waals surface area contributed by atoms with Crippen LogP contribution in [0.25, 0.3) is 0 Å². The molecule has 0 heterocycles. The molecule has 0 aromatic heterocycles. The smallest absolute Gasteiger partial charge is 0.339 e. The quantitative estimate of drug-likeness (QED) is 0.659. The molecule has 0 radical (unpaired) electrons. The first-order valence-electron chi connectivity index (χ1n) is 7.02. The fourth-order valence-electron chi connectivity index (χ4n) is 2.55. The number of aliphatic hydroxyl groups is 1. The molecule has 2 rings (SSSR count). The van der Waals surface area contributed by atoms with Crippen LogP contribution < -0.4 is 10.1 Å². The molecule has 1 saturated carbocycles. The Balaban J connectivity index is 1.70. The Bertz CT molecular complexity index is 449. The molecule has 0 bridgehead atoms. The van der Waals surface area contributed by atoms with Crippen molar-refractivity contribution >= 4 is 5.97 Å². The number of aromatic carboxylic acids is 1. The van der Waals surface area contributed by atoms with Crippen molar-refractivity contribution in [3.8, 4) is 5.75 Å². The van der Waals surface area contributed by atoms with E-state index in [2.05, 4.69) is 5.32 Å². The monoisotopic (exact) mass is 279 g/mol. The summed E-state index contributed by atoms with van der Waals surface area (Å²) in [6.45, 7) is 1.83. The van der Waals surface area contributed by atoms with Crippen LogP contribution >= 0.6 is 0 Å². The fourth-order valence-corrected chi connectivity index (χ4v) is 2.55. The van der Waals surface area contributed by atoms with Crippen molar-refractivity contribution < 1.29 is 19.7 Å². The molecule has 1 aliphatic rings. The summed E-state index contributed by atoms with van der Waals surface area (Å²) >= 11 is 0. The van der Waals surface area contributed by atoms with E-state index in [0.29, 0.717) is 24.8 Å². The van der Waals surface area contributed by atoms with Crippen LogP contribution in [0.5, 0.6) is 5.75 Å². The van der Waals surface area contributed by atoms with Crippen molar-refractivity contribution in [2.45, 2.75) is 25.4 Å². The second-order valence-corrected chi connectivity index (χ2v) is 5.11. The molecule has 1 aromatic carbocycles. The lowest BCUT2D eigenvalue weighted by Gasteiger charge is -2.15. The van der Waals surface area contributed by atoms with Crippen LogP contribution in [0.4, 0.5) is 0 Å². The van der Waals surface area contributed by atoms with E-state index in [1.54, 1.807) is 18.2 Å². The molecule has 110 valence electrons. The van der Waals surface area contributed by atoms with Crippen LogP contribution in [0.1, 0.15) is 29.6 Å². The number of nitrogens with one attached hydrogen (secondary N) is 1. The van der Waals surface area contributed by atoms with Gasteiger partial charge in [0.2, 0.25) is 0 Å². The van der Waals surface area contributed by atoms with Crippen molar-refractivity contribution in [3.63, 3.8) is 0 Å². The largest absolute Gasteiger partial charge is 0.491 e. The zero-order valence-corrected chi connectivity index (χ0v) is 11.4. The third-order valence-electron chi connectivity index (χ3n) is 3.68. The first kappa shape index (κ1) is 14.8. The first-order chi connectivity index (χ1) is 9.68. The maximum absolute atomic E-state index is 11.0. The number of rotatable bonds is 7. The molecule has 3 N–H and O–H groups in total. The van der Waals surface area contributed by atoms with Gasteiger partial charge in [0.05, 0.1) is 6.10 Å². The molecule has 0 aliphatic heterocycles. The Kier molecular flexibility index (Phi) is 5.38. The predicted molar refractivity (Wildman–Crippen MR) is 75.1 cm³/mol. The van der Waals surface area contributed by atoms with E-state index in [1.165, 1.54) is 6.07 Å². The van der Waals surface area contributed by atoms with Gasteiger partial charge in [0.1, 0.15) is 17.9 Å². The van der Waals surface area contributed by atoms with Gasteiger partial charge in [-0.2, -0.15) is 0 Å². The number of hydrogen-bond donors (Lipinski definition) is 3. The van der Waals surface area contributed by atoms with Gasteiger partial charge in [-0.25, -0.2) is 4.79 Å². The van der Waals surface area contributed by atoms with E-state index in [1.807, 2.05) is 0 Å². The van der Waals surface area contributed by atoms with E-state index in [-0.39, 0.29) is 11.7 Å². The van der Waals surface area contributed by atoms with E-state index in [4.69, 9.17) is 9.84 Å². The third-order valence-corrected chi connectivity index (χ3v) is 3.68. The Hall–Kier alpha value is -1.59.